The Bertz CT molecular complexity index is 639. The van der Waals surface area contributed by atoms with Crippen molar-refractivity contribution in [3.8, 4) is 0 Å². The molecule has 5 nitrogen and oxygen atoms in total. The van der Waals surface area contributed by atoms with Gasteiger partial charge in [0.25, 0.3) is 0 Å². The van der Waals surface area contributed by atoms with Crippen molar-refractivity contribution in [2.75, 3.05) is 12.0 Å². The number of carbonyl (C=O) groups excluding carboxylic acids is 1. The lowest BCUT2D eigenvalue weighted by molar-refractivity contribution is -0.129. The molecule has 114 valence electrons. The van der Waals surface area contributed by atoms with Crippen molar-refractivity contribution in [3.05, 3.63) is 29.5 Å². The van der Waals surface area contributed by atoms with Crippen LogP contribution in [0.5, 0.6) is 0 Å². The van der Waals surface area contributed by atoms with Gasteiger partial charge in [-0.15, -0.1) is 0 Å². The predicted molar refractivity (Wildman–Crippen MR) is 86.3 cm³/mol. The first kappa shape index (κ1) is 15.9. The molecule has 0 saturated carbocycles. The van der Waals surface area contributed by atoms with Gasteiger partial charge in [-0.3, -0.25) is 9.48 Å². The van der Waals surface area contributed by atoms with E-state index in [1.165, 1.54) is 0 Å². The molecule has 0 saturated heterocycles. The molecule has 0 bridgehead atoms. The molecular formula is C15H21N3O2S. The fourth-order valence-corrected chi connectivity index (χ4v) is 2.69. The van der Waals surface area contributed by atoms with E-state index in [9.17, 15) is 9.90 Å². The molecule has 21 heavy (non-hydrogen) atoms. The first-order valence-electron chi connectivity index (χ1n) is 6.90. The molecule has 0 spiro atoms. The fraction of sp³-hybridized carbons (Fsp3) is 0.467. The van der Waals surface area contributed by atoms with Crippen LogP contribution in [0.4, 0.5) is 0 Å². The number of carbonyl (C=O) groups is 1. The number of amides is 1. The van der Waals surface area contributed by atoms with Gasteiger partial charge in [0.1, 0.15) is 6.10 Å². The van der Waals surface area contributed by atoms with Gasteiger partial charge in [-0.05, 0) is 37.5 Å². The molecule has 0 unspecified atom stereocenters. The van der Waals surface area contributed by atoms with E-state index >= 15 is 0 Å². The first-order chi connectivity index (χ1) is 10.0. The largest absolute Gasteiger partial charge is 0.383 e. The van der Waals surface area contributed by atoms with E-state index < -0.39 is 6.10 Å². The standard InChI is InChI=1S/C15H21N3O2S/c1-10-4-5-13-11(8-10)12(17-18(13)2)9-16-15(20)14(19)6-7-21-3/h4-5,8,14,19H,6-7,9H2,1-3H3,(H,16,20)/t14-/m0/s1. The number of aliphatic hydroxyl groups is 1. The van der Waals surface area contributed by atoms with Crippen LogP contribution in [0.3, 0.4) is 0 Å². The molecule has 1 aromatic carbocycles. The number of aliphatic hydroxyl groups excluding tert-OH is 1. The molecule has 0 aliphatic carbocycles. The van der Waals surface area contributed by atoms with Crippen LogP contribution in [0.15, 0.2) is 18.2 Å². The van der Waals surface area contributed by atoms with Crippen LogP contribution >= 0.6 is 11.8 Å². The molecule has 1 amide bonds. The normalized spacial score (nSPS) is 12.6. The van der Waals surface area contributed by atoms with Gasteiger partial charge in [-0.25, -0.2) is 0 Å². The summed E-state index contributed by atoms with van der Waals surface area (Å²) in [6.07, 6.45) is 1.47. The SMILES string of the molecule is CSCC[C@H](O)C(=O)NCc1nn(C)c2ccc(C)cc12. The third-order valence-electron chi connectivity index (χ3n) is 3.41. The summed E-state index contributed by atoms with van der Waals surface area (Å²) in [4.78, 5) is 11.8. The molecule has 1 atom stereocenters. The molecule has 1 heterocycles. The summed E-state index contributed by atoms with van der Waals surface area (Å²) in [5.74, 6) is 0.427. The van der Waals surface area contributed by atoms with Crippen LogP contribution in [-0.2, 0) is 18.4 Å². The van der Waals surface area contributed by atoms with Crippen molar-refractivity contribution in [1.29, 1.82) is 0 Å². The maximum atomic E-state index is 11.8. The second-order valence-electron chi connectivity index (χ2n) is 5.11. The van der Waals surface area contributed by atoms with Crippen LogP contribution in [-0.4, -0.2) is 38.9 Å². The summed E-state index contributed by atoms with van der Waals surface area (Å²) >= 11 is 1.61. The average Bonchev–Trinajstić information content (AvgIpc) is 2.78. The highest BCUT2D eigenvalue weighted by atomic mass is 32.2. The van der Waals surface area contributed by atoms with E-state index in [0.717, 1.165) is 27.9 Å². The number of hydrogen-bond donors (Lipinski definition) is 2. The summed E-state index contributed by atoms with van der Waals surface area (Å²) in [6, 6.07) is 6.13. The number of aromatic nitrogens is 2. The minimum atomic E-state index is -0.950. The first-order valence-corrected chi connectivity index (χ1v) is 8.29. The van der Waals surface area contributed by atoms with Gasteiger partial charge in [0.2, 0.25) is 5.91 Å². The quantitative estimate of drug-likeness (QED) is 0.851. The highest BCUT2D eigenvalue weighted by Gasteiger charge is 2.15. The zero-order valence-corrected chi connectivity index (χ0v) is 13.4. The number of nitrogens with zero attached hydrogens (tertiary/aromatic N) is 2. The van der Waals surface area contributed by atoms with Crippen molar-refractivity contribution in [1.82, 2.24) is 15.1 Å². The topological polar surface area (TPSA) is 67.2 Å². The Morgan fingerprint density at radius 1 is 1.52 bits per heavy atom. The Hall–Kier alpha value is -1.53. The lowest BCUT2D eigenvalue weighted by Gasteiger charge is -2.09. The molecule has 2 rings (SSSR count). The van der Waals surface area contributed by atoms with E-state index in [2.05, 4.69) is 16.5 Å². The van der Waals surface area contributed by atoms with Crippen LogP contribution in [0.2, 0.25) is 0 Å². The highest BCUT2D eigenvalue weighted by Crippen LogP contribution is 2.19. The molecule has 0 aliphatic heterocycles. The lowest BCUT2D eigenvalue weighted by atomic mass is 10.1. The van der Waals surface area contributed by atoms with Crippen LogP contribution in [0, 0.1) is 6.92 Å². The third-order valence-corrected chi connectivity index (χ3v) is 4.05. The molecule has 0 aliphatic rings. The number of aryl methyl sites for hydroxylation is 2. The summed E-state index contributed by atoms with van der Waals surface area (Å²) in [7, 11) is 1.89. The van der Waals surface area contributed by atoms with E-state index in [4.69, 9.17) is 0 Å². The van der Waals surface area contributed by atoms with E-state index in [1.54, 1.807) is 16.4 Å². The fourth-order valence-electron chi connectivity index (χ4n) is 2.23. The van der Waals surface area contributed by atoms with Gasteiger partial charge in [-0.2, -0.15) is 16.9 Å². The lowest BCUT2D eigenvalue weighted by Crippen LogP contribution is -2.34. The van der Waals surface area contributed by atoms with E-state index in [1.807, 2.05) is 32.4 Å². The number of thioether (sulfide) groups is 1. The van der Waals surface area contributed by atoms with Crippen LogP contribution in [0.1, 0.15) is 17.7 Å². The Kier molecular flexibility index (Phi) is 5.25. The number of benzene rings is 1. The molecule has 1 aromatic heterocycles. The van der Waals surface area contributed by atoms with Crippen molar-refractivity contribution >= 4 is 28.6 Å². The van der Waals surface area contributed by atoms with Gasteiger partial charge in [0.15, 0.2) is 0 Å². The molecular weight excluding hydrogens is 286 g/mol. The molecule has 0 fully saturated rings. The predicted octanol–water partition coefficient (Wildman–Crippen LogP) is 1.61. The Morgan fingerprint density at radius 2 is 2.29 bits per heavy atom. The second-order valence-corrected chi connectivity index (χ2v) is 6.09. The van der Waals surface area contributed by atoms with Crippen molar-refractivity contribution in [2.24, 2.45) is 7.05 Å². The number of nitrogens with one attached hydrogen (secondary N) is 1. The van der Waals surface area contributed by atoms with Crippen LogP contribution in [0.25, 0.3) is 10.9 Å². The zero-order valence-electron chi connectivity index (χ0n) is 12.6. The van der Waals surface area contributed by atoms with Crippen molar-refractivity contribution < 1.29 is 9.90 Å². The van der Waals surface area contributed by atoms with Gasteiger partial charge < -0.3 is 10.4 Å². The van der Waals surface area contributed by atoms with Gasteiger partial charge >= 0.3 is 0 Å². The Morgan fingerprint density at radius 3 is 3.00 bits per heavy atom. The maximum absolute atomic E-state index is 11.8. The second kappa shape index (κ2) is 6.95. The van der Waals surface area contributed by atoms with Gasteiger partial charge in [0.05, 0.1) is 17.8 Å². The Labute approximate surface area is 128 Å². The summed E-state index contributed by atoms with van der Waals surface area (Å²) in [5.41, 5.74) is 3.01. The smallest absolute Gasteiger partial charge is 0.249 e. The van der Waals surface area contributed by atoms with E-state index in [0.29, 0.717) is 13.0 Å². The van der Waals surface area contributed by atoms with Gasteiger partial charge in [-0.1, -0.05) is 11.6 Å². The number of rotatable bonds is 6. The Balaban J connectivity index is 2.07. The number of fused-ring (bicyclic) bond motifs is 1. The summed E-state index contributed by atoms with van der Waals surface area (Å²) in [6.45, 7) is 2.36. The zero-order chi connectivity index (χ0) is 15.4. The number of hydrogen-bond acceptors (Lipinski definition) is 4. The van der Waals surface area contributed by atoms with Gasteiger partial charge in [0, 0.05) is 12.4 Å². The third kappa shape index (κ3) is 3.77. The summed E-state index contributed by atoms with van der Waals surface area (Å²) < 4.78 is 1.81. The molecule has 2 aromatic rings. The average molecular weight is 307 g/mol. The minimum Gasteiger partial charge on any atom is -0.383 e. The summed E-state index contributed by atoms with van der Waals surface area (Å²) in [5, 5.41) is 18.0. The monoisotopic (exact) mass is 307 g/mol. The molecule has 2 N–H and O–H groups in total. The van der Waals surface area contributed by atoms with Crippen molar-refractivity contribution in [2.45, 2.75) is 26.0 Å². The highest BCUT2D eigenvalue weighted by molar-refractivity contribution is 7.98. The molecule has 6 heteroatoms. The van der Waals surface area contributed by atoms with Crippen LogP contribution < -0.4 is 5.32 Å². The van der Waals surface area contributed by atoms with E-state index in [-0.39, 0.29) is 5.91 Å². The minimum absolute atomic E-state index is 0.329. The maximum Gasteiger partial charge on any atom is 0.249 e. The molecule has 0 radical (unpaired) electrons. The van der Waals surface area contributed by atoms with Crippen molar-refractivity contribution in [3.63, 3.8) is 0 Å².